The highest BCUT2D eigenvalue weighted by molar-refractivity contribution is 7.13. The predicted molar refractivity (Wildman–Crippen MR) is 266 cm³/mol. The van der Waals surface area contributed by atoms with Crippen LogP contribution in [0.3, 0.4) is 0 Å². The van der Waals surface area contributed by atoms with Gasteiger partial charge in [-0.1, -0.05) is 146 Å². The van der Waals surface area contributed by atoms with E-state index in [2.05, 4.69) is 209 Å². The quantitative estimate of drug-likeness (QED) is 0.188. The minimum atomic E-state index is -0.390. The molecule has 14 rings (SSSR count). The molecule has 1 aliphatic heterocycles. The predicted octanol–water partition coefficient (Wildman–Crippen LogP) is 13.9. The molecule has 0 fully saturated rings. The molecule has 300 valence electrons. The summed E-state index contributed by atoms with van der Waals surface area (Å²) in [5, 5.41) is 14.5. The van der Waals surface area contributed by atoms with Crippen LogP contribution in [0.15, 0.2) is 216 Å². The van der Waals surface area contributed by atoms with Gasteiger partial charge in [0.2, 0.25) is 6.29 Å². The van der Waals surface area contributed by atoms with Crippen molar-refractivity contribution in [3.05, 3.63) is 222 Å². The minimum Gasteiger partial charge on any atom is -0.456 e. The van der Waals surface area contributed by atoms with Crippen molar-refractivity contribution in [2.24, 2.45) is 4.99 Å². The van der Waals surface area contributed by atoms with E-state index in [1.54, 1.807) is 11.3 Å². The Bertz CT molecular complexity index is 4170. The summed E-state index contributed by atoms with van der Waals surface area (Å²) in [7, 11) is 0. The molecule has 4 aromatic heterocycles. The van der Waals surface area contributed by atoms with E-state index in [9.17, 15) is 0 Å². The summed E-state index contributed by atoms with van der Waals surface area (Å²) in [6.45, 7) is 0. The van der Waals surface area contributed by atoms with Gasteiger partial charge in [-0.3, -0.25) is 0 Å². The monoisotopic (exact) mass is 836 g/mol. The summed E-state index contributed by atoms with van der Waals surface area (Å²) in [4.78, 5) is 6.75. The number of hydrogen-bond acceptors (Lipinski definition) is 4. The van der Waals surface area contributed by atoms with Gasteiger partial charge in [0.25, 0.3) is 0 Å². The lowest BCUT2D eigenvalue weighted by atomic mass is 10.00. The first-order valence-corrected chi connectivity index (χ1v) is 22.5. The van der Waals surface area contributed by atoms with Crippen LogP contribution >= 0.6 is 11.3 Å². The molecule has 0 aliphatic carbocycles. The molecular weight excluding hydrogens is 801 g/mol. The Morgan fingerprint density at radius 2 is 1.11 bits per heavy atom. The fraction of sp³-hybridized carbons (Fsp3) is 0.0172. The largest absolute Gasteiger partial charge is 0.456 e. The van der Waals surface area contributed by atoms with Crippen molar-refractivity contribution >= 4 is 93.4 Å². The van der Waals surface area contributed by atoms with Gasteiger partial charge in [0.05, 0.1) is 37.7 Å². The van der Waals surface area contributed by atoms with Crippen LogP contribution in [0.4, 0.5) is 0 Å². The number of thiophene rings is 1. The molecule has 5 heterocycles. The van der Waals surface area contributed by atoms with Crippen molar-refractivity contribution < 1.29 is 4.42 Å². The molecule has 0 spiro atoms. The number of para-hydroxylation sites is 2. The van der Waals surface area contributed by atoms with Crippen LogP contribution < -0.4 is 15.2 Å². The van der Waals surface area contributed by atoms with Gasteiger partial charge < -0.3 is 18.9 Å². The number of nitrogens with zero attached hydrogens (tertiary/aromatic N) is 3. The smallest absolute Gasteiger partial charge is 0.201 e. The number of fused-ring (bicyclic) bond motifs is 12. The number of benzene rings is 9. The second kappa shape index (κ2) is 13.7. The molecule has 9 aromatic carbocycles. The van der Waals surface area contributed by atoms with Crippen molar-refractivity contribution in [3.8, 4) is 27.3 Å². The number of nitrogens with one attached hydrogen (secondary N) is 1. The fourth-order valence-corrected chi connectivity index (χ4v) is 11.4. The Morgan fingerprint density at radius 1 is 0.453 bits per heavy atom. The highest BCUT2D eigenvalue weighted by atomic mass is 32.1. The molecule has 0 saturated carbocycles. The summed E-state index contributed by atoms with van der Waals surface area (Å²) in [6.07, 6.45) is -0.390. The van der Waals surface area contributed by atoms with Crippen LogP contribution in [0, 0.1) is 0 Å². The van der Waals surface area contributed by atoms with Crippen LogP contribution in [0.25, 0.3) is 109 Å². The van der Waals surface area contributed by atoms with E-state index in [4.69, 9.17) is 9.41 Å². The van der Waals surface area contributed by atoms with Crippen LogP contribution in [0.1, 0.15) is 11.9 Å². The molecule has 1 aliphatic rings. The van der Waals surface area contributed by atoms with Crippen molar-refractivity contribution in [2.45, 2.75) is 6.29 Å². The lowest BCUT2D eigenvalue weighted by Crippen LogP contribution is -2.39. The molecular formula is C58H36N4OS. The number of rotatable bonds is 5. The Kier molecular flexibility index (Phi) is 7.55. The van der Waals surface area contributed by atoms with Gasteiger partial charge in [0.1, 0.15) is 11.2 Å². The molecule has 6 heteroatoms. The van der Waals surface area contributed by atoms with Crippen LogP contribution in [0.5, 0.6) is 0 Å². The third-order valence-corrected chi connectivity index (χ3v) is 14.3. The van der Waals surface area contributed by atoms with Crippen molar-refractivity contribution in [2.75, 3.05) is 0 Å². The molecule has 13 aromatic rings. The lowest BCUT2D eigenvalue weighted by Gasteiger charge is -2.24. The summed E-state index contributed by atoms with van der Waals surface area (Å²) in [6, 6.07) is 74.4. The molecule has 1 unspecified atom stereocenters. The number of furan rings is 1. The maximum Gasteiger partial charge on any atom is 0.201 e. The Balaban J connectivity index is 0.955. The Hall–Kier alpha value is -8.19. The van der Waals surface area contributed by atoms with Gasteiger partial charge in [-0.2, -0.15) is 0 Å². The van der Waals surface area contributed by atoms with E-state index in [1.165, 1.54) is 70.4 Å². The van der Waals surface area contributed by atoms with Crippen molar-refractivity contribution in [1.82, 2.24) is 14.5 Å². The molecule has 0 saturated heterocycles. The Morgan fingerprint density at radius 3 is 1.94 bits per heavy atom. The van der Waals surface area contributed by atoms with E-state index in [-0.39, 0.29) is 6.29 Å². The molecule has 5 nitrogen and oxygen atoms in total. The van der Waals surface area contributed by atoms with Gasteiger partial charge in [-0.05, 0) is 88.3 Å². The maximum atomic E-state index is 6.21. The first-order chi connectivity index (χ1) is 31.7. The first-order valence-electron chi connectivity index (χ1n) is 21.7. The summed E-state index contributed by atoms with van der Waals surface area (Å²) in [5.41, 5.74) is 13.3. The molecule has 0 bridgehead atoms. The van der Waals surface area contributed by atoms with Crippen LogP contribution in [-0.2, 0) is 0 Å². The zero-order valence-corrected chi connectivity index (χ0v) is 35.2. The molecule has 1 atom stereocenters. The molecule has 0 radical (unpaired) electrons. The fourth-order valence-electron chi connectivity index (χ4n) is 10.2. The molecule has 64 heavy (non-hydrogen) atoms. The summed E-state index contributed by atoms with van der Waals surface area (Å²) < 4.78 is 12.2. The average molecular weight is 837 g/mol. The standard InChI is InChI=1S/C58H36N4OS/c1-3-14-36(15-4-1)54-34-48-57(64-54)55(37-16-5-2-6-17-37)60-58(59-48)62-51-29-25-39(32-46(51)44-27-23-35-13-7-8-18-41(35)56(44)62)38-24-28-50-45(31-38)42-19-9-11-21-49(42)61(50)40-26-30-53-47(33-40)43-20-10-12-22-52(43)63-53/h1-34,58,60H. The molecule has 1 N–H and O–H groups in total. The lowest BCUT2D eigenvalue weighted by molar-refractivity contribution is 0.492. The maximum absolute atomic E-state index is 6.21. The van der Waals surface area contributed by atoms with E-state index in [1.807, 2.05) is 12.1 Å². The van der Waals surface area contributed by atoms with E-state index in [0.717, 1.165) is 54.3 Å². The van der Waals surface area contributed by atoms with Crippen LogP contribution in [-0.4, -0.2) is 9.13 Å². The molecule has 0 amide bonds. The summed E-state index contributed by atoms with van der Waals surface area (Å²) in [5.74, 6) is 0. The van der Waals surface area contributed by atoms with Gasteiger partial charge in [-0.25, -0.2) is 4.99 Å². The van der Waals surface area contributed by atoms with Gasteiger partial charge >= 0.3 is 0 Å². The summed E-state index contributed by atoms with van der Waals surface area (Å²) >= 11 is 1.79. The average Bonchev–Trinajstić information content (AvgIpc) is 4.13. The van der Waals surface area contributed by atoms with E-state index in [0.29, 0.717) is 0 Å². The highest BCUT2D eigenvalue weighted by Gasteiger charge is 2.25. The van der Waals surface area contributed by atoms with Gasteiger partial charge in [0.15, 0.2) is 0 Å². The zero-order valence-electron chi connectivity index (χ0n) is 34.4. The second-order valence-corrected chi connectivity index (χ2v) is 17.8. The van der Waals surface area contributed by atoms with E-state index < -0.39 is 0 Å². The zero-order chi connectivity index (χ0) is 41.9. The number of aromatic nitrogens is 2. The van der Waals surface area contributed by atoms with Crippen LogP contribution in [0.2, 0.25) is 0 Å². The SMILES string of the molecule is c1ccc(C2=c3sc(-c4ccccc4)cc3=NC(n3c4ccc(-c5ccc6c(c5)c5ccccc5n6-c5ccc6oc7ccccc7c6c5)cc4c4ccc5ccccc5c43)N2)cc1. The van der Waals surface area contributed by atoms with Gasteiger partial charge in [0, 0.05) is 48.3 Å². The normalized spacial score (nSPS) is 14.0. The van der Waals surface area contributed by atoms with Crippen molar-refractivity contribution in [3.63, 3.8) is 0 Å². The Labute approximate surface area is 370 Å². The number of hydrogen-bond donors (Lipinski definition) is 1. The first kappa shape index (κ1) is 35.4. The topological polar surface area (TPSA) is 47.4 Å². The van der Waals surface area contributed by atoms with Crippen molar-refractivity contribution in [1.29, 1.82) is 0 Å². The third-order valence-electron chi connectivity index (χ3n) is 13.2. The van der Waals surface area contributed by atoms with Gasteiger partial charge in [-0.15, -0.1) is 11.3 Å². The highest BCUT2D eigenvalue weighted by Crippen LogP contribution is 2.41. The second-order valence-electron chi connectivity index (χ2n) is 16.7. The third kappa shape index (κ3) is 5.27. The minimum absolute atomic E-state index is 0.390. The van der Waals surface area contributed by atoms with E-state index >= 15 is 0 Å².